The number of ether oxygens (including phenoxy) is 4. The molecule has 1 amide bonds. The average molecular weight is 1190 g/mol. The Bertz CT molecular complexity index is 1890. The molecule has 486 valence electrons. The van der Waals surface area contributed by atoms with Gasteiger partial charge in [-0.1, -0.05) is 245 Å². The molecule has 0 aromatic heterocycles. The third-order valence-electron chi connectivity index (χ3n) is 15.4. The Hall–Kier alpha value is -3.61. The van der Waals surface area contributed by atoms with E-state index >= 15 is 0 Å². The summed E-state index contributed by atoms with van der Waals surface area (Å²) >= 11 is 0. The maximum Gasteiger partial charge on any atom is 0.220 e. The van der Waals surface area contributed by atoms with Crippen molar-refractivity contribution in [2.24, 2.45) is 0 Å². The minimum Gasteiger partial charge on any atom is -0.394 e. The van der Waals surface area contributed by atoms with Gasteiger partial charge in [-0.3, -0.25) is 4.79 Å². The smallest absolute Gasteiger partial charge is 0.220 e. The summed E-state index contributed by atoms with van der Waals surface area (Å²) < 4.78 is 22.7. The zero-order valence-corrected chi connectivity index (χ0v) is 52.6. The van der Waals surface area contributed by atoms with E-state index < -0.39 is 86.8 Å². The SMILES string of the molecule is CC/C=C\C/C=C\C/C=C\C/C=C\C/C=C\C/C=C\C/C=C\CCCCCCCCCCCCCCCCCCCC(=O)NC(COC1OC(CO)C(OC2OC(CO)C(O)C(O)C2O)C(O)C1O)C(O)/C=C/CC/C=C/CC/C=C/CCCC. The van der Waals surface area contributed by atoms with Gasteiger partial charge in [0.15, 0.2) is 12.6 Å². The van der Waals surface area contributed by atoms with Crippen molar-refractivity contribution in [3.8, 4) is 0 Å². The van der Waals surface area contributed by atoms with Crippen LogP contribution in [-0.4, -0.2) is 140 Å². The molecule has 14 heteroatoms. The van der Waals surface area contributed by atoms with E-state index in [9.17, 15) is 45.6 Å². The van der Waals surface area contributed by atoms with Gasteiger partial charge < -0.3 is 65.1 Å². The fraction of sp³-hybridized carbons (Fsp3) is 0.704. The molecule has 85 heavy (non-hydrogen) atoms. The van der Waals surface area contributed by atoms with E-state index in [-0.39, 0.29) is 18.9 Å². The molecule has 0 bridgehead atoms. The molecule has 2 aliphatic rings. The van der Waals surface area contributed by atoms with Crippen LogP contribution in [0.3, 0.4) is 0 Å². The largest absolute Gasteiger partial charge is 0.394 e. The highest BCUT2D eigenvalue weighted by Crippen LogP contribution is 2.30. The lowest BCUT2D eigenvalue weighted by Gasteiger charge is -2.46. The highest BCUT2D eigenvalue weighted by atomic mass is 16.7. The number of carbonyl (C=O) groups is 1. The lowest BCUT2D eigenvalue weighted by molar-refractivity contribution is -0.359. The van der Waals surface area contributed by atoms with Crippen LogP contribution >= 0.6 is 0 Å². The van der Waals surface area contributed by atoms with Crippen LogP contribution < -0.4 is 5.32 Å². The number of amides is 1. The van der Waals surface area contributed by atoms with Crippen molar-refractivity contribution in [2.45, 2.75) is 299 Å². The molecule has 0 radical (unpaired) electrons. The molecule has 0 spiro atoms. The molecule has 0 saturated carbocycles. The average Bonchev–Trinajstić information content (AvgIpc) is 3.60. The number of carbonyl (C=O) groups excluding carboxylic acids is 1. The Morgan fingerprint density at radius 3 is 1.29 bits per heavy atom. The van der Waals surface area contributed by atoms with E-state index in [0.29, 0.717) is 12.8 Å². The first-order valence-electron chi connectivity index (χ1n) is 33.3. The van der Waals surface area contributed by atoms with Crippen LogP contribution in [0.2, 0.25) is 0 Å². The van der Waals surface area contributed by atoms with Crippen LogP contribution in [0.15, 0.2) is 122 Å². The number of aliphatic hydroxyl groups excluding tert-OH is 8. The summed E-state index contributed by atoms with van der Waals surface area (Å²) in [5.41, 5.74) is 0. The molecule has 0 aromatic rings. The van der Waals surface area contributed by atoms with E-state index in [1.165, 1.54) is 103 Å². The molecule has 12 unspecified atom stereocenters. The predicted molar refractivity (Wildman–Crippen MR) is 345 cm³/mol. The van der Waals surface area contributed by atoms with Gasteiger partial charge >= 0.3 is 0 Å². The molecule has 12 atom stereocenters. The van der Waals surface area contributed by atoms with Crippen LogP contribution in [0.25, 0.3) is 0 Å². The maximum absolute atomic E-state index is 13.3. The van der Waals surface area contributed by atoms with E-state index in [2.05, 4.69) is 129 Å². The molecule has 0 aliphatic carbocycles. The van der Waals surface area contributed by atoms with Crippen LogP contribution in [0.1, 0.15) is 226 Å². The van der Waals surface area contributed by atoms with Crippen LogP contribution in [0.4, 0.5) is 0 Å². The highest BCUT2D eigenvalue weighted by Gasteiger charge is 2.51. The van der Waals surface area contributed by atoms with Gasteiger partial charge in [-0.05, 0) is 96.3 Å². The van der Waals surface area contributed by atoms with E-state index in [1.807, 2.05) is 6.08 Å². The van der Waals surface area contributed by atoms with Gasteiger partial charge in [-0.25, -0.2) is 0 Å². The normalized spacial score (nSPS) is 24.4. The monoisotopic (exact) mass is 1190 g/mol. The number of hydrogen-bond donors (Lipinski definition) is 9. The van der Waals surface area contributed by atoms with Crippen molar-refractivity contribution >= 4 is 5.91 Å². The molecule has 0 aromatic carbocycles. The second-order valence-corrected chi connectivity index (χ2v) is 22.8. The first-order valence-corrected chi connectivity index (χ1v) is 33.3. The van der Waals surface area contributed by atoms with Gasteiger partial charge in [0, 0.05) is 6.42 Å². The zero-order chi connectivity index (χ0) is 61.6. The van der Waals surface area contributed by atoms with Crippen molar-refractivity contribution in [3.05, 3.63) is 122 Å². The molecular formula is C71H119NO13. The third kappa shape index (κ3) is 39.1. The van der Waals surface area contributed by atoms with Crippen molar-refractivity contribution in [1.29, 1.82) is 0 Å². The molecule has 2 aliphatic heterocycles. The van der Waals surface area contributed by atoms with Crippen LogP contribution in [-0.2, 0) is 23.7 Å². The Morgan fingerprint density at radius 1 is 0.435 bits per heavy atom. The summed E-state index contributed by atoms with van der Waals surface area (Å²) in [5, 5.41) is 87.0. The van der Waals surface area contributed by atoms with Crippen molar-refractivity contribution < 1.29 is 64.6 Å². The van der Waals surface area contributed by atoms with Gasteiger partial charge in [0.05, 0.1) is 32.0 Å². The Morgan fingerprint density at radius 2 is 0.824 bits per heavy atom. The standard InChI is InChI=1S/C71H119NO13/c1-3-5-7-9-11-13-15-17-18-19-20-21-22-23-24-25-26-27-28-29-30-31-32-33-34-35-36-37-38-39-40-41-42-43-45-47-49-51-53-55-63(76)72-59(60(75)54-52-50-48-46-44-16-14-12-10-8-6-4-2)58-82-70-68(81)66(79)69(62(57-74)84-70)85-71-67(80)65(78)64(77)61(56-73)83-71/h5,7,10-13,17-18,20-21,23-24,26-27,29-30,44,46,52,54,59-62,64-71,73-75,77-81H,3-4,6,8-9,14-16,19,22,25,28,31-43,45,47-51,53,55-58H2,1-2H3,(H,72,76)/b7-5-,12-10+,13-11-,18-17-,21-20-,24-23-,27-26-,30-29-,46-44+,54-52+. The van der Waals surface area contributed by atoms with E-state index in [1.54, 1.807) is 6.08 Å². The maximum atomic E-state index is 13.3. The summed E-state index contributed by atoms with van der Waals surface area (Å²) in [7, 11) is 0. The van der Waals surface area contributed by atoms with Crippen LogP contribution in [0.5, 0.6) is 0 Å². The lowest BCUT2D eigenvalue weighted by Crippen LogP contribution is -2.65. The number of nitrogens with one attached hydrogen (secondary N) is 1. The molecular weight excluding hydrogens is 1070 g/mol. The number of rotatable bonds is 52. The molecule has 9 N–H and O–H groups in total. The van der Waals surface area contributed by atoms with Crippen molar-refractivity contribution in [1.82, 2.24) is 5.32 Å². The topological polar surface area (TPSA) is 228 Å². The summed E-state index contributed by atoms with van der Waals surface area (Å²) in [4.78, 5) is 13.3. The minimum absolute atomic E-state index is 0.258. The molecule has 2 fully saturated rings. The second-order valence-electron chi connectivity index (χ2n) is 22.8. The summed E-state index contributed by atoms with van der Waals surface area (Å²) in [6, 6.07) is -0.943. The highest BCUT2D eigenvalue weighted by molar-refractivity contribution is 5.76. The number of aliphatic hydroxyl groups is 8. The summed E-state index contributed by atoms with van der Waals surface area (Å²) in [6.07, 6.45) is 62.7. The number of unbranched alkanes of at least 4 members (excludes halogenated alkanes) is 21. The van der Waals surface area contributed by atoms with Crippen molar-refractivity contribution in [3.63, 3.8) is 0 Å². The van der Waals surface area contributed by atoms with E-state index in [0.717, 1.165) is 89.9 Å². The Balaban J connectivity index is 1.59. The van der Waals surface area contributed by atoms with Crippen molar-refractivity contribution in [2.75, 3.05) is 19.8 Å². The zero-order valence-electron chi connectivity index (χ0n) is 52.6. The molecule has 14 nitrogen and oxygen atoms in total. The molecule has 2 heterocycles. The van der Waals surface area contributed by atoms with E-state index in [4.69, 9.17) is 18.9 Å². The van der Waals surface area contributed by atoms with Gasteiger partial charge in [0.1, 0.15) is 48.8 Å². The third-order valence-corrected chi connectivity index (χ3v) is 15.4. The summed E-state index contributed by atoms with van der Waals surface area (Å²) in [6.45, 7) is 2.59. The predicted octanol–water partition coefficient (Wildman–Crippen LogP) is 12.9. The fourth-order valence-corrected chi connectivity index (χ4v) is 10.1. The summed E-state index contributed by atoms with van der Waals surface area (Å²) in [5.74, 6) is -0.258. The minimum atomic E-state index is -1.80. The Labute approximate surface area is 514 Å². The molecule has 2 saturated heterocycles. The van der Waals surface area contributed by atoms with Gasteiger partial charge in [0.25, 0.3) is 0 Å². The lowest BCUT2D eigenvalue weighted by atomic mass is 9.97. The molecule has 2 rings (SSSR count). The number of hydrogen-bond acceptors (Lipinski definition) is 13. The first kappa shape index (κ1) is 77.5. The number of allylic oxidation sites excluding steroid dienone is 19. The first-order chi connectivity index (χ1) is 41.6. The fourth-order valence-electron chi connectivity index (χ4n) is 10.1. The Kier molecular flexibility index (Phi) is 49.7. The second kappa shape index (κ2) is 54.5. The van der Waals surface area contributed by atoms with Gasteiger partial charge in [-0.2, -0.15) is 0 Å². The van der Waals surface area contributed by atoms with Gasteiger partial charge in [-0.15, -0.1) is 0 Å². The van der Waals surface area contributed by atoms with Gasteiger partial charge in [0.2, 0.25) is 5.91 Å². The van der Waals surface area contributed by atoms with Crippen LogP contribution in [0, 0.1) is 0 Å². The quantitative estimate of drug-likeness (QED) is 0.0204.